The van der Waals surface area contributed by atoms with Crippen LogP contribution in [-0.2, 0) is 14.4 Å². The molecule has 0 heterocycles. The third-order valence-corrected chi connectivity index (χ3v) is 7.80. The molecule has 0 spiro atoms. The van der Waals surface area contributed by atoms with Crippen molar-refractivity contribution in [3.8, 4) is 0 Å². The summed E-state index contributed by atoms with van der Waals surface area (Å²) in [5, 5.41) is 6.06. The highest BCUT2D eigenvalue weighted by Gasteiger charge is 2.51. The Labute approximate surface area is 193 Å². The van der Waals surface area contributed by atoms with E-state index in [1.54, 1.807) is 18.2 Å². The highest BCUT2D eigenvalue weighted by atomic mass is 35.5. The zero-order chi connectivity index (χ0) is 22.2. The predicted octanol–water partition coefficient (Wildman–Crippen LogP) is 4.11. The minimum Gasteiger partial charge on any atom is -0.347 e. The molecule has 0 radical (unpaired) electrons. The minimum atomic E-state index is -0.411. The van der Waals surface area contributed by atoms with Crippen molar-refractivity contribution in [1.29, 1.82) is 0 Å². The van der Waals surface area contributed by atoms with Crippen LogP contribution in [0.3, 0.4) is 0 Å². The van der Waals surface area contributed by atoms with Gasteiger partial charge < -0.3 is 15.5 Å². The van der Waals surface area contributed by atoms with Gasteiger partial charge in [-0.2, -0.15) is 0 Å². The van der Waals surface area contributed by atoms with E-state index in [2.05, 4.69) is 10.6 Å². The lowest BCUT2D eigenvalue weighted by molar-refractivity contribution is -0.136. The van der Waals surface area contributed by atoms with Crippen molar-refractivity contribution < 1.29 is 14.4 Å². The molecule has 31 heavy (non-hydrogen) atoms. The number of benzene rings is 1. The molecule has 5 rings (SSSR count). The number of halogens is 2. The summed E-state index contributed by atoms with van der Waals surface area (Å²) in [7, 11) is 1.53. The van der Waals surface area contributed by atoms with E-state index in [-0.39, 0.29) is 30.3 Å². The number of hydrogen-bond donors (Lipinski definition) is 2. The van der Waals surface area contributed by atoms with Crippen molar-refractivity contribution in [2.45, 2.75) is 44.9 Å². The van der Waals surface area contributed by atoms with Gasteiger partial charge in [0.1, 0.15) is 0 Å². The van der Waals surface area contributed by atoms with Crippen LogP contribution >= 0.6 is 23.2 Å². The molecule has 4 aliphatic carbocycles. The molecule has 0 saturated heterocycles. The molecule has 168 valence electrons. The average molecular weight is 466 g/mol. The quantitative estimate of drug-likeness (QED) is 0.635. The van der Waals surface area contributed by atoms with E-state index in [4.69, 9.17) is 23.2 Å². The lowest BCUT2D eigenvalue weighted by atomic mass is 9.49. The van der Waals surface area contributed by atoms with E-state index in [9.17, 15) is 14.4 Å². The van der Waals surface area contributed by atoms with Gasteiger partial charge in [0.2, 0.25) is 17.7 Å². The fourth-order valence-corrected chi connectivity index (χ4v) is 6.81. The van der Waals surface area contributed by atoms with E-state index in [0.717, 1.165) is 37.0 Å². The molecule has 4 aliphatic rings. The van der Waals surface area contributed by atoms with Gasteiger partial charge in [-0.25, -0.2) is 0 Å². The van der Waals surface area contributed by atoms with Gasteiger partial charge >= 0.3 is 0 Å². The topological polar surface area (TPSA) is 78.5 Å². The van der Waals surface area contributed by atoms with E-state index >= 15 is 0 Å². The smallest absolute Gasteiger partial charge is 0.244 e. The number of likely N-dealkylation sites (N-methyl/N-ethyl adjacent to an activating group) is 1. The van der Waals surface area contributed by atoms with Gasteiger partial charge in [-0.3, -0.25) is 14.4 Å². The molecular weight excluding hydrogens is 437 g/mol. The van der Waals surface area contributed by atoms with Crippen LogP contribution in [0.25, 0.3) is 0 Å². The zero-order valence-electron chi connectivity index (χ0n) is 17.8. The van der Waals surface area contributed by atoms with Crippen LogP contribution < -0.4 is 10.6 Å². The number of nitrogens with zero attached hydrogens (tertiary/aromatic N) is 1. The molecule has 1 aromatic rings. The second kappa shape index (κ2) is 8.99. The molecule has 0 aliphatic heterocycles. The van der Waals surface area contributed by atoms with Crippen LogP contribution in [0.2, 0.25) is 10.0 Å². The van der Waals surface area contributed by atoms with Crippen LogP contribution in [0.5, 0.6) is 0 Å². The van der Waals surface area contributed by atoms with E-state index in [1.165, 1.54) is 31.2 Å². The van der Waals surface area contributed by atoms with Crippen molar-refractivity contribution in [3.63, 3.8) is 0 Å². The lowest BCUT2D eigenvalue weighted by Gasteiger charge is -2.56. The van der Waals surface area contributed by atoms with Crippen LogP contribution in [0.1, 0.15) is 44.9 Å². The second-order valence-corrected chi connectivity index (χ2v) is 10.6. The summed E-state index contributed by atoms with van der Waals surface area (Å²) in [6, 6.07) is 4.93. The van der Waals surface area contributed by atoms with Crippen molar-refractivity contribution in [3.05, 3.63) is 28.2 Å². The first-order chi connectivity index (χ1) is 14.7. The SMILES string of the molecule is CN(CC(=O)Nc1c(Cl)cccc1Cl)C(=O)CNC(=O)CC12CC3CC(CC(C3)C1)C2. The fraction of sp³-hybridized carbons (Fsp3) is 0.609. The molecule has 0 unspecified atom stereocenters. The maximum atomic E-state index is 12.6. The number of para-hydroxylation sites is 1. The number of carbonyl (C=O) groups is 3. The Morgan fingerprint density at radius 2 is 1.55 bits per heavy atom. The monoisotopic (exact) mass is 465 g/mol. The van der Waals surface area contributed by atoms with Crippen LogP contribution in [-0.4, -0.2) is 42.8 Å². The molecule has 4 bridgehead atoms. The first-order valence-electron chi connectivity index (χ1n) is 11.0. The molecule has 4 fully saturated rings. The summed E-state index contributed by atoms with van der Waals surface area (Å²) in [4.78, 5) is 38.6. The number of carbonyl (C=O) groups excluding carboxylic acids is 3. The maximum absolute atomic E-state index is 12.6. The summed E-state index contributed by atoms with van der Waals surface area (Å²) in [5.41, 5.74) is 0.461. The first-order valence-corrected chi connectivity index (χ1v) is 11.7. The lowest BCUT2D eigenvalue weighted by Crippen LogP contribution is -2.48. The molecular formula is C23H29Cl2N3O3. The number of nitrogens with one attached hydrogen (secondary N) is 2. The maximum Gasteiger partial charge on any atom is 0.244 e. The second-order valence-electron chi connectivity index (χ2n) is 9.77. The number of rotatable bonds is 7. The van der Waals surface area contributed by atoms with Crippen LogP contribution in [0.4, 0.5) is 5.69 Å². The molecule has 3 amide bonds. The van der Waals surface area contributed by atoms with E-state index < -0.39 is 5.91 Å². The van der Waals surface area contributed by atoms with Gasteiger partial charge in [-0.05, 0) is 73.8 Å². The Hall–Kier alpha value is -1.79. The van der Waals surface area contributed by atoms with E-state index in [1.807, 2.05) is 0 Å². The summed E-state index contributed by atoms with van der Waals surface area (Å²) in [5.74, 6) is 1.58. The number of anilines is 1. The highest BCUT2D eigenvalue weighted by Crippen LogP contribution is 2.61. The Kier molecular flexibility index (Phi) is 6.50. The van der Waals surface area contributed by atoms with Crippen molar-refractivity contribution in [2.75, 3.05) is 25.5 Å². The zero-order valence-corrected chi connectivity index (χ0v) is 19.3. The summed E-state index contributed by atoms with van der Waals surface area (Å²) in [6.07, 6.45) is 8.00. The standard InChI is InChI=1S/C23H29Cl2N3O3/c1-28(13-20(30)27-22-17(24)3-2-4-18(22)25)21(31)12-26-19(29)11-23-8-14-5-15(9-23)7-16(6-14)10-23/h2-4,14-16H,5-13H2,1H3,(H,26,29)(H,27,30). The van der Waals surface area contributed by atoms with Gasteiger partial charge in [-0.1, -0.05) is 29.3 Å². The number of hydrogen-bond acceptors (Lipinski definition) is 3. The summed E-state index contributed by atoms with van der Waals surface area (Å²) in [6.45, 7) is -0.271. The van der Waals surface area contributed by atoms with Gasteiger partial charge in [0.25, 0.3) is 0 Å². The van der Waals surface area contributed by atoms with Gasteiger partial charge in [0, 0.05) is 13.5 Å². The van der Waals surface area contributed by atoms with Crippen molar-refractivity contribution in [1.82, 2.24) is 10.2 Å². The Bertz CT molecular complexity index is 833. The largest absolute Gasteiger partial charge is 0.347 e. The summed E-state index contributed by atoms with van der Waals surface area (Å²) < 4.78 is 0. The van der Waals surface area contributed by atoms with Crippen LogP contribution in [0.15, 0.2) is 18.2 Å². The summed E-state index contributed by atoms with van der Waals surface area (Å²) >= 11 is 12.1. The predicted molar refractivity (Wildman–Crippen MR) is 121 cm³/mol. The highest BCUT2D eigenvalue weighted by molar-refractivity contribution is 6.39. The molecule has 1 aromatic carbocycles. The Morgan fingerprint density at radius 1 is 1.00 bits per heavy atom. The molecule has 8 heteroatoms. The third kappa shape index (κ3) is 5.17. The molecule has 0 atom stereocenters. The Morgan fingerprint density at radius 3 is 2.10 bits per heavy atom. The minimum absolute atomic E-state index is 0.0593. The average Bonchev–Trinajstić information content (AvgIpc) is 2.67. The molecule has 0 aromatic heterocycles. The van der Waals surface area contributed by atoms with Crippen LogP contribution in [0, 0.1) is 23.2 Å². The normalized spacial score (nSPS) is 28.3. The van der Waals surface area contributed by atoms with Gasteiger partial charge in [0.15, 0.2) is 0 Å². The molecule has 6 nitrogen and oxygen atoms in total. The van der Waals surface area contributed by atoms with Crippen molar-refractivity contribution >= 4 is 46.6 Å². The third-order valence-electron chi connectivity index (χ3n) is 7.17. The molecule has 2 N–H and O–H groups in total. The van der Waals surface area contributed by atoms with Gasteiger partial charge in [-0.15, -0.1) is 0 Å². The Balaban J connectivity index is 1.23. The van der Waals surface area contributed by atoms with Gasteiger partial charge in [0.05, 0.1) is 28.8 Å². The first kappa shape index (κ1) is 22.4. The fourth-order valence-electron chi connectivity index (χ4n) is 6.32. The van der Waals surface area contributed by atoms with E-state index in [0.29, 0.717) is 22.2 Å². The number of amides is 3. The van der Waals surface area contributed by atoms with Crippen molar-refractivity contribution in [2.24, 2.45) is 23.2 Å². The molecule has 4 saturated carbocycles.